The molecule has 5 nitrogen and oxygen atoms in total. The zero-order chi connectivity index (χ0) is 18.1. The van der Waals surface area contributed by atoms with Crippen LogP contribution in [0.5, 0.6) is 0 Å². The van der Waals surface area contributed by atoms with E-state index in [0.717, 1.165) is 45.1 Å². The first-order valence-corrected chi connectivity index (χ1v) is 9.69. The Morgan fingerprint density at radius 3 is 2.81 bits per heavy atom. The summed E-state index contributed by atoms with van der Waals surface area (Å²) in [7, 11) is 0. The maximum Gasteiger partial charge on any atom is 0.180 e. The Morgan fingerprint density at radius 1 is 1.19 bits per heavy atom. The molecule has 1 aliphatic rings. The second-order valence-electron chi connectivity index (χ2n) is 6.24. The Bertz CT molecular complexity index is 915. The molecule has 0 bridgehead atoms. The van der Waals surface area contributed by atoms with E-state index in [9.17, 15) is 0 Å². The summed E-state index contributed by atoms with van der Waals surface area (Å²) in [4.78, 5) is 17.3. The van der Waals surface area contributed by atoms with Crippen LogP contribution in [0.25, 0.3) is 11.5 Å². The standard InChI is InChI=1S/C19H19ClN4OS/c1-12-13(2)22-18(14-5-3-4-8-21-14)23-19(12)24-9-10-25-15(11-24)16-6-7-17(20)26-16/h3-8,15H,9-11H2,1-2H3. The summed E-state index contributed by atoms with van der Waals surface area (Å²) in [6.45, 7) is 6.29. The molecule has 4 heterocycles. The fourth-order valence-electron chi connectivity index (χ4n) is 3.05. The highest BCUT2D eigenvalue weighted by Gasteiger charge is 2.26. The highest BCUT2D eigenvalue weighted by Crippen LogP contribution is 2.33. The van der Waals surface area contributed by atoms with Crippen molar-refractivity contribution in [2.45, 2.75) is 20.0 Å². The minimum absolute atomic E-state index is 0.00854. The van der Waals surface area contributed by atoms with E-state index < -0.39 is 0 Å². The summed E-state index contributed by atoms with van der Waals surface area (Å²) in [6, 6.07) is 9.74. The van der Waals surface area contributed by atoms with Crippen LogP contribution in [0.15, 0.2) is 36.5 Å². The smallest absolute Gasteiger partial charge is 0.180 e. The van der Waals surface area contributed by atoms with Crippen molar-refractivity contribution in [1.82, 2.24) is 15.0 Å². The molecule has 3 aromatic heterocycles. The first kappa shape index (κ1) is 17.4. The lowest BCUT2D eigenvalue weighted by Gasteiger charge is -2.34. The number of anilines is 1. The molecule has 0 N–H and O–H groups in total. The number of nitrogens with zero attached hydrogens (tertiary/aromatic N) is 4. The van der Waals surface area contributed by atoms with Crippen molar-refractivity contribution in [3.8, 4) is 11.5 Å². The van der Waals surface area contributed by atoms with Crippen molar-refractivity contribution in [3.63, 3.8) is 0 Å². The van der Waals surface area contributed by atoms with Crippen LogP contribution in [0.3, 0.4) is 0 Å². The van der Waals surface area contributed by atoms with E-state index >= 15 is 0 Å². The van der Waals surface area contributed by atoms with E-state index in [1.165, 1.54) is 0 Å². The number of hydrogen-bond acceptors (Lipinski definition) is 6. The van der Waals surface area contributed by atoms with Crippen LogP contribution >= 0.6 is 22.9 Å². The number of hydrogen-bond donors (Lipinski definition) is 0. The van der Waals surface area contributed by atoms with Crippen LogP contribution in [0.4, 0.5) is 5.82 Å². The third kappa shape index (κ3) is 3.45. The molecule has 0 aromatic carbocycles. The van der Waals surface area contributed by atoms with E-state index in [1.807, 2.05) is 37.3 Å². The summed E-state index contributed by atoms with van der Waals surface area (Å²) < 4.78 is 6.75. The molecule has 26 heavy (non-hydrogen) atoms. The molecule has 0 radical (unpaired) electrons. The van der Waals surface area contributed by atoms with Crippen molar-refractivity contribution in [2.24, 2.45) is 0 Å². The molecule has 7 heteroatoms. The Labute approximate surface area is 161 Å². The van der Waals surface area contributed by atoms with E-state index in [2.05, 4.69) is 21.8 Å². The van der Waals surface area contributed by atoms with Gasteiger partial charge in [0.15, 0.2) is 5.82 Å². The first-order valence-electron chi connectivity index (χ1n) is 8.50. The zero-order valence-electron chi connectivity index (χ0n) is 14.6. The van der Waals surface area contributed by atoms with Crippen molar-refractivity contribution < 1.29 is 4.74 Å². The monoisotopic (exact) mass is 386 g/mol. The summed E-state index contributed by atoms with van der Waals surface area (Å²) in [5.74, 6) is 1.61. The molecule has 134 valence electrons. The van der Waals surface area contributed by atoms with Crippen LogP contribution in [0.1, 0.15) is 22.2 Å². The summed E-state index contributed by atoms with van der Waals surface area (Å²) in [6.07, 6.45) is 1.77. The third-order valence-corrected chi connectivity index (χ3v) is 5.86. The van der Waals surface area contributed by atoms with Crippen LogP contribution < -0.4 is 4.90 Å². The van der Waals surface area contributed by atoms with Crippen LogP contribution in [-0.2, 0) is 4.74 Å². The number of ether oxygens (including phenoxy) is 1. The Balaban J connectivity index is 1.67. The Hall–Kier alpha value is -2.02. The second-order valence-corrected chi connectivity index (χ2v) is 7.99. The molecule has 0 aliphatic carbocycles. The molecule has 1 atom stereocenters. The summed E-state index contributed by atoms with van der Waals surface area (Å²) in [5.41, 5.74) is 2.85. The van der Waals surface area contributed by atoms with Gasteiger partial charge in [0.05, 0.1) is 17.5 Å². The minimum Gasteiger partial charge on any atom is -0.369 e. The average Bonchev–Trinajstić information content (AvgIpc) is 3.11. The second kappa shape index (κ2) is 7.31. The summed E-state index contributed by atoms with van der Waals surface area (Å²) in [5, 5.41) is 0. The normalized spacial score (nSPS) is 17.5. The number of morpholine rings is 1. The maximum absolute atomic E-state index is 6.09. The fourth-order valence-corrected chi connectivity index (χ4v) is 4.15. The van der Waals surface area contributed by atoms with Crippen LogP contribution in [0.2, 0.25) is 4.34 Å². The molecule has 3 aromatic rings. The van der Waals surface area contributed by atoms with Gasteiger partial charge in [-0.25, -0.2) is 9.97 Å². The van der Waals surface area contributed by atoms with Gasteiger partial charge in [0.25, 0.3) is 0 Å². The lowest BCUT2D eigenvalue weighted by molar-refractivity contribution is 0.0418. The zero-order valence-corrected chi connectivity index (χ0v) is 16.2. The molecule has 1 saturated heterocycles. The first-order chi connectivity index (χ1) is 12.6. The van der Waals surface area contributed by atoms with Gasteiger partial charge in [0, 0.05) is 28.9 Å². The van der Waals surface area contributed by atoms with Crippen LogP contribution in [0, 0.1) is 13.8 Å². The van der Waals surface area contributed by atoms with Crippen molar-refractivity contribution in [1.29, 1.82) is 0 Å². The highest BCUT2D eigenvalue weighted by molar-refractivity contribution is 7.16. The number of aryl methyl sites for hydroxylation is 1. The number of halogens is 1. The van der Waals surface area contributed by atoms with Crippen molar-refractivity contribution in [2.75, 3.05) is 24.6 Å². The predicted molar refractivity (Wildman–Crippen MR) is 105 cm³/mol. The van der Waals surface area contributed by atoms with Gasteiger partial charge in [0.2, 0.25) is 0 Å². The number of thiophene rings is 1. The molecule has 1 fully saturated rings. The Kier molecular flexibility index (Phi) is 4.89. The van der Waals surface area contributed by atoms with E-state index in [1.54, 1.807) is 17.5 Å². The molecule has 1 unspecified atom stereocenters. The SMILES string of the molecule is Cc1nc(-c2ccccn2)nc(N2CCOC(c3ccc(Cl)s3)C2)c1C. The number of rotatable bonds is 3. The average molecular weight is 387 g/mol. The Morgan fingerprint density at radius 2 is 2.08 bits per heavy atom. The van der Waals surface area contributed by atoms with Crippen molar-refractivity contribution in [3.05, 3.63) is 57.0 Å². The predicted octanol–water partition coefficient (Wildman–Crippen LogP) is 4.45. The van der Waals surface area contributed by atoms with Gasteiger partial charge in [-0.1, -0.05) is 17.7 Å². The van der Waals surface area contributed by atoms with Gasteiger partial charge in [-0.3, -0.25) is 4.98 Å². The fraction of sp³-hybridized carbons (Fsp3) is 0.316. The van der Waals surface area contributed by atoms with E-state index in [0.29, 0.717) is 12.4 Å². The number of pyridine rings is 1. The third-order valence-electron chi connectivity index (χ3n) is 4.53. The molecule has 0 spiro atoms. The number of aromatic nitrogens is 3. The largest absolute Gasteiger partial charge is 0.369 e. The molecular weight excluding hydrogens is 368 g/mol. The topological polar surface area (TPSA) is 51.1 Å². The van der Waals surface area contributed by atoms with E-state index in [-0.39, 0.29) is 6.10 Å². The molecule has 0 saturated carbocycles. The molecular formula is C19H19ClN4OS. The molecule has 4 rings (SSSR count). The van der Waals surface area contributed by atoms with Gasteiger partial charge in [-0.2, -0.15) is 0 Å². The maximum atomic E-state index is 6.09. The highest BCUT2D eigenvalue weighted by atomic mass is 35.5. The molecule has 0 amide bonds. The van der Waals surface area contributed by atoms with Gasteiger partial charge in [-0.05, 0) is 38.1 Å². The van der Waals surface area contributed by atoms with E-state index in [4.69, 9.17) is 21.3 Å². The van der Waals surface area contributed by atoms with Gasteiger partial charge in [0.1, 0.15) is 17.6 Å². The summed E-state index contributed by atoms with van der Waals surface area (Å²) >= 11 is 7.66. The quantitative estimate of drug-likeness (QED) is 0.665. The molecule has 1 aliphatic heterocycles. The lowest BCUT2D eigenvalue weighted by atomic mass is 10.2. The van der Waals surface area contributed by atoms with Gasteiger partial charge >= 0.3 is 0 Å². The van der Waals surface area contributed by atoms with Gasteiger partial charge < -0.3 is 9.64 Å². The lowest BCUT2D eigenvalue weighted by Crippen LogP contribution is -2.39. The van der Waals surface area contributed by atoms with Gasteiger partial charge in [-0.15, -0.1) is 11.3 Å². The van der Waals surface area contributed by atoms with Crippen LogP contribution in [-0.4, -0.2) is 34.6 Å². The van der Waals surface area contributed by atoms with Crippen molar-refractivity contribution >= 4 is 28.8 Å². The minimum atomic E-state index is 0.00854.